The molecule has 0 saturated heterocycles. The van der Waals surface area contributed by atoms with Gasteiger partial charge < -0.3 is 9.15 Å². The molecule has 2 aromatic heterocycles. The molecule has 0 spiro atoms. The largest absolute Gasteiger partial charge is 0.457 e. The first kappa shape index (κ1) is 13.1. The summed E-state index contributed by atoms with van der Waals surface area (Å²) in [5, 5.41) is 4.05. The Bertz CT molecular complexity index is 703. The molecule has 0 aliphatic heterocycles. The van der Waals surface area contributed by atoms with E-state index in [-0.39, 0.29) is 11.9 Å². The van der Waals surface area contributed by atoms with E-state index >= 15 is 0 Å². The smallest absolute Gasteiger partial charge is 0.374 e. The molecule has 0 radical (unpaired) electrons. The maximum atomic E-state index is 11.8. The molecule has 0 saturated carbocycles. The van der Waals surface area contributed by atoms with Crippen LogP contribution in [-0.2, 0) is 4.74 Å². The van der Waals surface area contributed by atoms with Crippen molar-refractivity contribution in [1.29, 1.82) is 0 Å². The van der Waals surface area contributed by atoms with Gasteiger partial charge in [0.2, 0.25) is 5.76 Å². The molecule has 0 N–H and O–H groups in total. The molecule has 1 atom stereocenters. The van der Waals surface area contributed by atoms with Crippen LogP contribution in [-0.4, -0.2) is 20.7 Å². The van der Waals surface area contributed by atoms with Crippen molar-refractivity contribution in [3.8, 4) is 5.69 Å². The number of benzene rings is 1. The fourth-order valence-corrected chi connectivity index (χ4v) is 1.92. The van der Waals surface area contributed by atoms with Crippen LogP contribution in [0, 0.1) is 0 Å². The van der Waals surface area contributed by atoms with Crippen LogP contribution in [0.4, 0.5) is 0 Å². The van der Waals surface area contributed by atoms with Crippen LogP contribution in [0.15, 0.2) is 59.7 Å². The summed E-state index contributed by atoms with van der Waals surface area (Å²) in [4.78, 5) is 15.7. The lowest BCUT2D eigenvalue weighted by Crippen LogP contribution is -2.08. The topological polar surface area (TPSA) is 70.2 Å². The molecule has 1 aromatic carbocycles. The molecule has 0 bridgehead atoms. The van der Waals surface area contributed by atoms with E-state index in [0.29, 0.717) is 0 Å². The molecular formula is C15H13N3O3. The first-order valence-electron chi connectivity index (χ1n) is 6.43. The van der Waals surface area contributed by atoms with E-state index in [1.54, 1.807) is 23.1 Å². The van der Waals surface area contributed by atoms with Gasteiger partial charge in [-0.3, -0.25) is 0 Å². The van der Waals surface area contributed by atoms with E-state index < -0.39 is 5.97 Å². The molecule has 3 aromatic rings. The third-order valence-corrected chi connectivity index (χ3v) is 3.05. The number of hydrogen-bond donors (Lipinski definition) is 0. The number of rotatable bonds is 4. The van der Waals surface area contributed by atoms with E-state index in [9.17, 15) is 4.79 Å². The third kappa shape index (κ3) is 2.84. The van der Waals surface area contributed by atoms with Gasteiger partial charge in [-0.1, -0.05) is 12.1 Å². The van der Waals surface area contributed by atoms with Crippen molar-refractivity contribution in [3.05, 3.63) is 66.6 Å². The highest BCUT2D eigenvalue weighted by Gasteiger charge is 2.15. The van der Waals surface area contributed by atoms with Crippen LogP contribution in [0.25, 0.3) is 5.69 Å². The van der Waals surface area contributed by atoms with Gasteiger partial charge in [0.1, 0.15) is 18.8 Å². The highest BCUT2D eigenvalue weighted by atomic mass is 16.6. The Morgan fingerprint density at radius 1 is 1.29 bits per heavy atom. The maximum Gasteiger partial charge on any atom is 0.374 e. The number of esters is 1. The fourth-order valence-electron chi connectivity index (χ4n) is 1.92. The summed E-state index contributed by atoms with van der Waals surface area (Å²) in [5.41, 5.74) is 1.78. The number of furan rings is 1. The van der Waals surface area contributed by atoms with Gasteiger partial charge in [0.25, 0.3) is 0 Å². The predicted molar refractivity (Wildman–Crippen MR) is 73.9 cm³/mol. The fraction of sp³-hybridized carbons (Fsp3) is 0.133. The van der Waals surface area contributed by atoms with Crippen LogP contribution < -0.4 is 0 Å². The minimum absolute atomic E-state index is 0.195. The quantitative estimate of drug-likeness (QED) is 0.688. The Hall–Kier alpha value is -2.89. The lowest BCUT2D eigenvalue weighted by Gasteiger charge is -2.13. The molecule has 3 rings (SSSR count). The molecule has 106 valence electrons. The van der Waals surface area contributed by atoms with E-state index in [0.717, 1.165) is 11.3 Å². The summed E-state index contributed by atoms with van der Waals surface area (Å²) in [7, 11) is 0. The Morgan fingerprint density at radius 2 is 2.10 bits per heavy atom. The van der Waals surface area contributed by atoms with E-state index in [1.807, 2.05) is 31.2 Å². The van der Waals surface area contributed by atoms with Gasteiger partial charge in [-0.25, -0.2) is 14.5 Å². The Kier molecular flexibility index (Phi) is 3.51. The zero-order valence-corrected chi connectivity index (χ0v) is 11.3. The Labute approximate surface area is 121 Å². The van der Waals surface area contributed by atoms with Crippen molar-refractivity contribution in [2.24, 2.45) is 0 Å². The van der Waals surface area contributed by atoms with Crippen molar-refractivity contribution >= 4 is 5.97 Å². The number of nitrogens with zero attached hydrogens (tertiary/aromatic N) is 3. The van der Waals surface area contributed by atoms with Crippen LogP contribution in [0.1, 0.15) is 29.1 Å². The van der Waals surface area contributed by atoms with Crippen LogP contribution in [0.3, 0.4) is 0 Å². The average molecular weight is 283 g/mol. The Balaban J connectivity index is 1.70. The summed E-state index contributed by atoms with van der Waals surface area (Å²) in [6.07, 6.45) is 4.16. The van der Waals surface area contributed by atoms with Gasteiger partial charge in [-0.15, -0.1) is 0 Å². The minimum atomic E-state index is -0.479. The van der Waals surface area contributed by atoms with Crippen molar-refractivity contribution < 1.29 is 13.9 Å². The second kappa shape index (κ2) is 5.62. The molecule has 21 heavy (non-hydrogen) atoms. The number of hydrogen-bond acceptors (Lipinski definition) is 5. The van der Waals surface area contributed by atoms with Crippen LogP contribution in [0.5, 0.6) is 0 Å². The second-order valence-corrected chi connectivity index (χ2v) is 4.46. The normalized spacial score (nSPS) is 12.0. The van der Waals surface area contributed by atoms with Gasteiger partial charge in [0, 0.05) is 0 Å². The molecule has 0 amide bonds. The standard InChI is InChI=1S/C15H13N3O3/c1-11(21-15(19)14-3-2-8-20-14)12-4-6-13(7-5-12)18-10-16-9-17-18/h2-11H,1H3/t11-/m0/s1. The number of carbonyl (C=O) groups excluding carboxylic acids is 1. The molecule has 0 unspecified atom stereocenters. The van der Waals surface area contributed by atoms with Gasteiger partial charge in [-0.2, -0.15) is 5.10 Å². The van der Waals surface area contributed by atoms with Gasteiger partial charge >= 0.3 is 5.97 Å². The maximum absolute atomic E-state index is 11.8. The number of ether oxygens (including phenoxy) is 1. The Morgan fingerprint density at radius 3 is 2.71 bits per heavy atom. The zero-order chi connectivity index (χ0) is 14.7. The van der Waals surface area contributed by atoms with Crippen molar-refractivity contribution in [2.45, 2.75) is 13.0 Å². The number of carbonyl (C=O) groups is 1. The summed E-state index contributed by atoms with van der Waals surface area (Å²) in [6, 6.07) is 10.8. The monoisotopic (exact) mass is 283 g/mol. The van der Waals surface area contributed by atoms with Crippen LogP contribution >= 0.6 is 0 Å². The van der Waals surface area contributed by atoms with Gasteiger partial charge in [0.05, 0.1) is 12.0 Å². The lowest BCUT2D eigenvalue weighted by atomic mass is 10.1. The highest BCUT2D eigenvalue weighted by Crippen LogP contribution is 2.20. The first-order chi connectivity index (χ1) is 10.2. The number of aromatic nitrogens is 3. The minimum Gasteiger partial charge on any atom is -0.457 e. The van der Waals surface area contributed by atoms with Crippen molar-refractivity contribution in [2.75, 3.05) is 0 Å². The molecule has 6 heteroatoms. The summed E-state index contributed by atoms with van der Waals surface area (Å²) >= 11 is 0. The van der Waals surface area contributed by atoms with Crippen molar-refractivity contribution in [1.82, 2.24) is 14.8 Å². The molecule has 2 heterocycles. The van der Waals surface area contributed by atoms with Crippen LogP contribution in [0.2, 0.25) is 0 Å². The van der Waals surface area contributed by atoms with E-state index in [2.05, 4.69) is 10.1 Å². The molecule has 6 nitrogen and oxygen atoms in total. The SMILES string of the molecule is C[C@H](OC(=O)c1ccco1)c1ccc(-n2cncn2)cc1. The lowest BCUT2D eigenvalue weighted by molar-refractivity contribution is 0.0301. The summed E-state index contributed by atoms with van der Waals surface area (Å²) in [6.45, 7) is 1.81. The summed E-state index contributed by atoms with van der Waals surface area (Å²) in [5.74, 6) is -0.283. The molecule has 0 aliphatic rings. The molecule has 0 aliphatic carbocycles. The molecule has 0 fully saturated rings. The third-order valence-electron chi connectivity index (χ3n) is 3.05. The second-order valence-electron chi connectivity index (χ2n) is 4.46. The zero-order valence-electron chi connectivity index (χ0n) is 11.3. The highest BCUT2D eigenvalue weighted by molar-refractivity contribution is 5.86. The van der Waals surface area contributed by atoms with Gasteiger partial charge in [0.15, 0.2) is 0 Å². The van der Waals surface area contributed by atoms with Gasteiger partial charge in [-0.05, 0) is 36.8 Å². The van der Waals surface area contributed by atoms with E-state index in [1.165, 1.54) is 12.6 Å². The molecular weight excluding hydrogens is 270 g/mol. The summed E-state index contributed by atoms with van der Waals surface area (Å²) < 4.78 is 12.0. The first-order valence-corrected chi connectivity index (χ1v) is 6.43. The van der Waals surface area contributed by atoms with E-state index in [4.69, 9.17) is 9.15 Å². The van der Waals surface area contributed by atoms with Crippen molar-refractivity contribution in [3.63, 3.8) is 0 Å². The average Bonchev–Trinajstić information content (AvgIpc) is 3.20. The predicted octanol–water partition coefficient (Wildman–Crippen LogP) is 2.78.